The minimum Gasteiger partial charge on any atom is -0.494 e. The smallest absolute Gasteiger partial charge is 0.252 e. The van der Waals surface area contributed by atoms with Gasteiger partial charge in [0.15, 0.2) is 11.5 Å². The summed E-state index contributed by atoms with van der Waals surface area (Å²) in [5, 5.41) is 17.2. The molecule has 1 aromatic carbocycles. The van der Waals surface area contributed by atoms with E-state index >= 15 is 0 Å². The van der Waals surface area contributed by atoms with E-state index in [0.29, 0.717) is 35.7 Å². The fraction of sp³-hybridized carbons (Fsp3) is 0.476. The van der Waals surface area contributed by atoms with Crippen LogP contribution in [0.25, 0.3) is 16.6 Å². The third-order valence-corrected chi connectivity index (χ3v) is 6.56. The van der Waals surface area contributed by atoms with Crippen LogP contribution >= 0.6 is 0 Å². The highest BCUT2D eigenvalue weighted by Gasteiger charge is 2.47. The van der Waals surface area contributed by atoms with E-state index in [9.17, 15) is 8.78 Å². The molecule has 4 aromatic rings. The van der Waals surface area contributed by atoms with Gasteiger partial charge in [-0.1, -0.05) is 11.3 Å². The van der Waals surface area contributed by atoms with Gasteiger partial charge in [0.05, 0.1) is 31.1 Å². The molecule has 12 heteroatoms. The second kappa shape index (κ2) is 7.30. The van der Waals surface area contributed by atoms with E-state index < -0.39 is 5.92 Å². The van der Waals surface area contributed by atoms with Gasteiger partial charge in [-0.2, -0.15) is 4.52 Å². The first-order chi connectivity index (χ1) is 15.9. The number of ether oxygens (including phenoxy) is 1. The maximum absolute atomic E-state index is 13.3. The van der Waals surface area contributed by atoms with Crippen LogP contribution in [0.5, 0.6) is 5.75 Å². The van der Waals surface area contributed by atoms with Crippen LogP contribution in [0.15, 0.2) is 18.2 Å². The van der Waals surface area contributed by atoms with Crippen LogP contribution in [0.2, 0.25) is 0 Å². The molecule has 0 radical (unpaired) electrons. The number of methoxy groups -OCH3 is 1. The normalized spacial score (nSPS) is 20.2. The Morgan fingerprint density at radius 1 is 1.27 bits per heavy atom. The quantitative estimate of drug-likeness (QED) is 0.469. The van der Waals surface area contributed by atoms with E-state index in [1.165, 1.54) is 4.52 Å². The molecular weight excluding hydrogens is 432 g/mol. The van der Waals surface area contributed by atoms with Crippen LogP contribution < -0.4 is 15.8 Å². The molecule has 0 aliphatic heterocycles. The molecule has 33 heavy (non-hydrogen) atoms. The number of aromatic nitrogens is 7. The van der Waals surface area contributed by atoms with Crippen LogP contribution in [0.3, 0.4) is 0 Å². The highest BCUT2D eigenvalue weighted by Crippen LogP contribution is 2.46. The lowest BCUT2D eigenvalue weighted by molar-refractivity contribution is -0.107. The number of nitrogens with two attached hydrogens (primary N) is 1. The first kappa shape index (κ1) is 20.2. The number of alkyl halides is 2. The van der Waals surface area contributed by atoms with Crippen LogP contribution in [-0.4, -0.2) is 53.7 Å². The monoisotopic (exact) mass is 455 g/mol. The summed E-state index contributed by atoms with van der Waals surface area (Å²) in [4.78, 5) is 9.10. The molecular formula is C21H23F2N9O. The van der Waals surface area contributed by atoms with Crippen molar-refractivity contribution in [2.24, 2.45) is 0 Å². The number of nitrogens with zero attached hydrogens (tertiary/aromatic N) is 7. The van der Waals surface area contributed by atoms with E-state index in [2.05, 4.69) is 30.7 Å². The topological polar surface area (TPSA) is 121 Å². The number of hydrogen-bond donors (Lipinski definition) is 2. The van der Waals surface area contributed by atoms with Gasteiger partial charge >= 0.3 is 0 Å². The van der Waals surface area contributed by atoms with E-state index in [1.807, 2.05) is 18.2 Å². The summed E-state index contributed by atoms with van der Waals surface area (Å²) in [6.45, 7) is 0.454. The van der Waals surface area contributed by atoms with Gasteiger partial charge in [-0.15, -0.1) is 10.2 Å². The van der Waals surface area contributed by atoms with Gasteiger partial charge in [0, 0.05) is 30.7 Å². The number of hydrogen-bond acceptors (Lipinski definition) is 8. The van der Waals surface area contributed by atoms with Crippen molar-refractivity contribution < 1.29 is 13.5 Å². The molecule has 172 valence electrons. The Morgan fingerprint density at radius 3 is 2.91 bits per heavy atom. The van der Waals surface area contributed by atoms with E-state index in [4.69, 9.17) is 10.5 Å². The number of benzene rings is 1. The molecule has 1 atom stereocenters. The number of rotatable bonds is 5. The summed E-state index contributed by atoms with van der Waals surface area (Å²) in [5.41, 5.74) is 9.25. The molecule has 0 saturated heterocycles. The summed E-state index contributed by atoms with van der Waals surface area (Å²) in [6.07, 6.45) is 2.00. The summed E-state index contributed by atoms with van der Waals surface area (Å²) in [5.74, 6) is -1.11. The van der Waals surface area contributed by atoms with Crippen molar-refractivity contribution in [1.29, 1.82) is 0 Å². The lowest BCUT2D eigenvalue weighted by Gasteiger charge is -2.36. The van der Waals surface area contributed by atoms with Gasteiger partial charge in [-0.3, -0.25) is 0 Å². The van der Waals surface area contributed by atoms with E-state index in [-0.39, 0.29) is 30.9 Å². The van der Waals surface area contributed by atoms with Gasteiger partial charge in [-0.05, 0) is 25.0 Å². The number of fused-ring (bicyclic) bond motifs is 4. The Morgan fingerprint density at radius 2 is 2.12 bits per heavy atom. The van der Waals surface area contributed by atoms with Crippen molar-refractivity contribution in [3.05, 3.63) is 35.4 Å². The molecule has 0 unspecified atom stereocenters. The van der Waals surface area contributed by atoms with Gasteiger partial charge < -0.3 is 15.8 Å². The molecule has 1 fully saturated rings. The molecule has 3 aromatic heterocycles. The summed E-state index contributed by atoms with van der Waals surface area (Å²) >= 11 is 0. The SMILES string of the molecule is COc1cccc2c1nc(N)n1nc(CN[C@@H]3CCc4c(nnn4C4CC(F)(F)C4)C3)nc21. The van der Waals surface area contributed by atoms with E-state index in [0.717, 1.165) is 29.6 Å². The van der Waals surface area contributed by atoms with Crippen LogP contribution in [0, 0.1) is 0 Å². The summed E-state index contributed by atoms with van der Waals surface area (Å²) in [6, 6.07) is 5.55. The van der Waals surface area contributed by atoms with Crippen molar-refractivity contribution in [3.63, 3.8) is 0 Å². The zero-order valence-corrected chi connectivity index (χ0v) is 18.0. The number of nitrogens with one attached hydrogen (secondary N) is 1. The standard InChI is InChI=1S/C21H23F2N9O/c1-33-16-4-2-3-13-18(16)27-20(24)32-19(13)26-17(29-32)10-25-11-5-6-15-14(7-11)28-30-31(15)12-8-21(22,23)9-12/h2-4,11-12,25H,5-10H2,1H3,(H2,24,27)/t11-/m1/s1. The molecule has 6 rings (SSSR count). The Labute approximate surface area is 187 Å². The Hall–Kier alpha value is -3.41. The second-order valence-corrected chi connectivity index (χ2v) is 8.76. The van der Waals surface area contributed by atoms with Crippen molar-refractivity contribution in [2.45, 2.75) is 56.7 Å². The summed E-state index contributed by atoms with van der Waals surface area (Å²) in [7, 11) is 1.59. The molecule has 0 bridgehead atoms. The largest absolute Gasteiger partial charge is 0.494 e. The zero-order chi connectivity index (χ0) is 22.7. The van der Waals surface area contributed by atoms with Crippen molar-refractivity contribution in [3.8, 4) is 5.75 Å². The molecule has 10 nitrogen and oxygen atoms in total. The predicted octanol–water partition coefficient (Wildman–Crippen LogP) is 2.08. The van der Waals surface area contributed by atoms with Gasteiger partial charge in [-0.25, -0.2) is 23.4 Å². The molecule has 3 heterocycles. The average molecular weight is 455 g/mol. The van der Waals surface area contributed by atoms with Crippen LogP contribution in [-0.2, 0) is 19.4 Å². The van der Waals surface area contributed by atoms with Crippen LogP contribution in [0.1, 0.15) is 42.5 Å². The lowest BCUT2D eigenvalue weighted by atomic mass is 9.87. The summed E-state index contributed by atoms with van der Waals surface area (Å²) < 4.78 is 35.2. The minimum absolute atomic E-state index is 0.150. The number of nitrogen functional groups attached to an aromatic ring is 1. The Bertz CT molecular complexity index is 1360. The highest BCUT2D eigenvalue weighted by molar-refractivity contribution is 5.95. The Kier molecular flexibility index (Phi) is 4.47. The molecule has 2 aliphatic carbocycles. The molecule has 0 amide bonds. The predicted molar refractivity (Wildman–Crippen MR) is 115 cm³/mol. The van der Waals surface area contributed by atoms with Gasteiger partial charge in [0.2, 0.25) is 5.95 Å². The van der Waals surface area contributed by atoms with Crippen LogP contribution in [0.4, 0.5) is 14.7 Å². The van der Waals surface area contributed by atoms with Gasteiger partial charge in [0.1, 0.15) is 11.3 Å². The Balaban J connectivity index is 1.18. The molecule has 2 aliphatic rings. The number of anilines is 1. The fourth-order valence-corrected chi connectivity index (χ4v) is 4.82. The average Bonchev–Trinajstić information content (AvgIpc) is 3.40. The van der Waals surface area contributed by atoms with Gasteiger partial charge in [0.25, 0.3) is 5.92 Å². The maximum atomic E-state index is 13.3. The van der Waals surface area contributed by atoms with Crippen molar-refractivity contribution in [1.82, 2.24) is 39.9 Å². The maximum Gasteiger partial charge on any atom is 0.252 e. The highest BCUT2D eigenvalue weighted by atomic mass is 19.3. The van der Waals surface area contributed by atoms with Crippen molar-refractivity contribution in [2.75, 3.05) is 12.8 Å². The second-order valence-electron chi connectivity index (χ2n) is 8.76. The lowest BCUT2D eigenvalue weighted by Crippen LogP contribution is -2.39. The van der Waals surface area contributed by atoms with E-state index in [1.54, 1.807) is 11.8 Å². The third-order valence-electron chi connectivity index (χ3n) is 6.56. The first-order valence-electron chi connectivity index (χ1n) is 10.9. The fourth-order valence-electron chi connectivity index (χ4n) is 4.82. The molecule has 0 spiro atoms. The first-order valence-corrected chi connectivity index (χ1v) is 10.9. The zero-order valence-electron chi connectivity index (χ0n) is 18.0. The minimum atomic E-state index is -2.57. The number of para-hydroxylation sites is 1. The third kappa shape index (κ3) is 3.36. The molecule has 1 saturated carbocycles. The number of halogens is 2. The van der Waals surface area contributed by atoms with Crippen molar-refractivity contribution >= 4 is 22.5 Å². The molecule has 3 N–H and O–H groups in total.